The maximum Gasteiger partial charge on any atom is 0.258 e. The van der Waals surface area contributed by atoms with Crippen molar-refractivity contribution in [3.05, 3.63) is 77.0 Å². The van der Waals surface area contributed by atoms with Gasteiger partial charge in [-0.2, -0.15) is 0 Å². The number of hydrogen-bond acceptors (Lipinski definition) is 2. The number of rotatable bonds is 2. The van der Waals surface area contributed by atoms with Gasteiger partial charge in [0.15, 0.2) is 0 Å². The second-order valence-electron chi connectivity index (χ2n) is 4.90. The smallest absolute Gasteiger partial charge is 0.258 e. The number of para-hydroxylation sites is 1. The molecule has 22 heavy (non-hydrogen) atoms. The van der Waals surface area contributed by atoms with Crippen molar-refractivity contribution in [2.24, 2.45) is 0 Å². The van der Waals surface area contributed by atoms with Crippen molar-refractivity contribution in [2.75, 3.05) is 11.9 Å². The van der Waals surface area contributed by atoms with Crippen LogP contribution in [0.4, 0.5) is 5.69 Å². The van der Waals surface area contributed by atoms with E-state index in [-0.39, 0.29) is 5.91 Å². The summed E-state index contributed by atoms with van der Waals surface area (Å²) in [6.07, 6.45) is 4.96. The van der Waals surface area contributed by atoms with E-state index >= 15 is 0 Å². The van der Waals surface area contributed by atoms with Crippen molar-refractivity contribution >= 4 is 29.3 Å². The molecule has 0 saturated carbocycles. The van der Waals surface area contributed by atoms with Crippen LogP contribution in [0.1, 0.15) is 5.56 Å². The van der Waals surface area contributed by atoms with E-state index in [0.29, 0.717) is 16.3 Å². The van der Waals surface area contributed by atoms with Gasteiger partial charge in [-0.25, -0.2) is 0 Å². The maximum atomic E-state index is 12.7. The maximum absolute atomic E-state index is 12.7. The molecule has 1 heterocycles. The molecule has 0 saturated heterocycles. The Bertz CT molecular complexity index is 766. The Labute approximate surface area is 134 Å². The lowest BCUT2D eigenvalue weighted by molar-refractivity contribution is -0.114. The summed E-state index contributed by atoms with van der Waals surface area (Å²) in [5, 5.41) is 0.601. The van der Waals surface area contributed by atoms with Crippen LogP contribution in [0.15, 0.2) is 66.4 Å². The van der Waals surface area contributed by atoms with E-state index in [4.69, 9.17) is 16.3 Å². The number of benzene rings is 2. The zero-order chi connectivity index (χ0) is 15.5. The molecule has 1 aliphatic heterocycles. The first-order valence-corrected chi connectivity index (χ1v) is 7.20. The molecule has 0 spiro atoms. The average Bonchev–Trinajstić information content (AvgIpc) is 2.76. The van der Waals surface area contributed by atoms with Gasteiger partial charge < -0.3 is 9.64 Å². The molecule has 2 aromatic carbocycles. The first-order valence-electron chi connectivity index (χ1n) is 6.83. The van der Waals surface area contributed by atoms with Crippen LogP contribution in [0.3, 0.4) is 0 Å². The molecule has 0 aromatic heterocycles. The van der Waals surface area contributed by atoms with Crippen LogP contribution < -0.4 is 9.64 Å². The molecule has 0 unspecified atom stereocenters. The van der Waals surface area contributed by atoms with E-state index in [2.05, 4.69) is 0 Å². The molecule has 1 amide bonds. The van der Waals surface area contributed by atoms with E-state index in [0.717, 1.165) is 11.3 Å². The summed E-state index contributed by atoms with van der Waals surface area (Å²) in [6, 6.07) is 14.8. The average molecular weight is 312 g/mol. The number of fused-ring (bicyclic) bond motifs is 1. The monoisotopic (exact) mass is 311 g/mol. The van der Waals surface area contributed by atoms with Gasteiger partial charge >= 0.3 is 0 Å². The van der Waals surface area contributed by atoms with Crippen molar-refractivity contribution < 1.29 is 9.53 Å². The fourth-order valence-corrected chi connectivity index (χ4v) is 2.41. The van der Waals surface area contributed by atoms with Crippen LogP contribution in [-0.2, 0) is 4.79 Å². The van der Waals surface area contributed by atoms with Crippen LogP contribution in [0.5, 0.6) is 5.75 Å². The molecule has 0 radical (unpaired) electrons. The number of carbonyl (C=O) groups excluding carboxylic acids is 1. The molecule has 1 aliphatic rings. The lowest BCUT2D eigenvalue weighted by Gasteiger charge is -2.17. The van der Waals surface area contributed by atoms with Crippen LogP contribution >= 0.6 is 11.6 Å². The minimum atomic E-state index is -0.112. The highest BCUT2D eigenvalue weighted by Crippen LogP contribution is 2.28. The number of hydrogen-bond donors (Lipinski definition) is 0. The van der Waals surface area contributed by atoms with Gasteiger partial charge in [-0.3, -0.25) is 4.79 Å². The quantitative estimate of drug-likeness (QED) is 0.828. The van der Waals surface area contributed by atoms with E-state index in [9.17, 15) is 4.79 Å². The predicted octanol–water partition coefficient (Wildman–Crippen LogP) is 4.29. The molecule has 2 aromatic rings. The third-order valence-electron chi connectivity index (χ3n) is 3.42. The van der Waals surface area contributed by atoms with Crippen LogP contribution in [0.2, 0.25) is 5.02 Å². The fraction of sp³-hybridized carbons (Fsp3) is 0.0556. The Kier molecular flexibility index (Phi) is 3.98. The molecule has 0 bridgehead atoms. The van der Waals surface area contributed by atoms with Crippen molar-refractivity contribution in [1.29, 1.82) is 0 Å². The zero-order valence-electron chi connectivity index (χ0n) is 12.0. The Morgan fingerprint density at radius 3 is 2.68 bits per heavy atom. The first-order chi connectivity index (χ1) is 10.6. The van der Waals surface area contributed by atoms with Crippen LogP contribution in [-0.4, -0.2) is 13.0 Å². The van der Waals surface area contributed by atoms with Gasteiger partial charge in [0.05, 0.1) is 6.26 Å². The highest BCUT2D eigenvalue weighted by molar-refractivity contribution is 6.30. The van der Waals surface area contributed by atoms with Crippen molar-refractivity contribution in [3.8, 4) is 5.75 Å². The minimum Gasteiger partial charge on any atom is -0.464 e. The zero-order valence-corrected chi connectivity index (χ0v) is 12.7. The van der Waals surface area contributed by atoms with Gasteiger partial charge in [0.1, 0.15) is 5.75 Å². The number of carbonyl (C=O) groups is 1. The van der Waals surface area contributed by atoms with Gasteiger partial charge in [0, 0.05) is 28.9 Å². The summed E-state index contributed by atoms with van der Waals surface area (Å²) in [6.45, 7) is 0. The van der Waals surface area contributed by atoms with Gasteiger partial charge in [-0.1, -0.05) is 29.8 Å². The van der Waals surface area contributed by atoms with Crippen molar-refractivity contribution in [2.45, 2.75) is 0 Å². The summed E-state index contributed by atoms with van der Waals surface area (Å²) in [5.41, 5.74) is 2.15. The van der Waals surface area contributed by atoms with Gasteiger partial charge in [0.25, 0.3) is 5.91 Å². The molecule has 3 rings (SSSR count). The topological polar surface area (TPSA) is 29.5 Å². The largest absolute Gasteiger partial charge is 0.464 e. The molecular weight excluding hydrogens is 298 g/mol. The summed E-state index contributed by atoms with van der Waals surface area (Å²) in [5.74, 6) is 0.560. The van der Waals surface area contributed by atoms with Gasteiger partial charge in [0.2, 0.25) is 0 Å². The second kappa shape index (κ2) is 6.08. The Balaban J connectivity index is 1.95. The molecule has 4 heteroatoms. The molecule has 0 fully saturated rings. The number of likely N-dealkylation sites (N-methyl/N-ethyl adjacent to an activating group) is 1. The molecule has 0 atom stereocenters. The number of amides is 1. The Morgan fingerprint density at radius 1 is 1.14 bits per heavy atom. The van der Waals surface area contributed by atoms with Crippen LogP contribution in [0.25, 0.3) is 6.08 Å². The van der Waals surface area contributed by atoms with Gasteiger partial charge in [-0.05, 0) is 42.5 Å². The summed E-state index contributed by atoms with van der Waals surface area (Å²) in [7, 11) is 1.75. The third kappa shape index (κ3) is 2.90. The lowest BCUT2D eigenvalue weighted by Crippen LogP contribution is -2.27. The van der Waals surface area contributed by atoms with E-state index < -0.39 is 0 Å². The third-order valence-corrected chi connectivity index (χ3v) is 3.66. The minimum absolute atomic E-state index is 0.112. The molecular formula is C18H14ClNO2. The van der Waals surface area contributed by atoms with E-state index in [1.807, 2.05) is 30.3 Å². The van der Waals surface area contributed by atoms with Gasteiger partial charge in [-0.15, -0.1) is 0 Å². The second-order valence-corrected chi connectivity index (χ2v) is 5.34. The summed E-state index contributed by atoms with van der Waals surface area (Å²) >= 11 is 6.02. The normalized spacial score (nSPS) is 12.7. The van der Waals surface area contributed by atoms with Crippen molar-refractivity contribution in [3.63, 3.8) is 0 Å². The summed E-state index contributed by atoms with van der Waals surface area (Å²) < 4.78 is 5.51. The number of halogens is 1. The first kappa shape index (κ1) is 14.4. The number of anilines is 1. The molecule has 3 nitrogen and oxygen atoms in total. The molecule has 0 N–H and O–H groups in total. The number of ether oxygens (including phenoxy) is 1. The van der Waals surface area contributed by atoms with Crippen molar-refractivity contribution in [1.82, 2.24) is 0 Å². The predicted molar refractivity (Wildman–Crippen MR) is 89.0 cm³/mol. The molecule has 110 valence electrons. The Hall–Kier alpha value is -2.52. The summed E-state index contributed by atoms with van der Waals surface area (Å²) in [4.78, 5) is 14.3. The number of nitrogens with zero attached hydrogens (tertiary/aromatic N) is 1. The fourth-order valence-electron chi connectivity index (χ4n) is 2.23. The van der Waals surface area contributed by atoms with E-state index in [1.54, 1.807) is 42.3 Å². The molecule has 0 aliphatic carbocycles. The highest BCUT2D eigenvalue weighted by Gasteiger charge is 2.17. The highest BCUT2D eigenvalue weighted by atomic mass is 35.5. The standard InChI is InChI=1S/C18H14ClNO2/c1-20(16-5-3-2-4-6-16)18(21)13-9-10-22-17-8-7-15(19)12-14(17)11-13/h2-12H,1H3. The van der Waals surface area contributed by atoms with Crippen LogP contribution in [0, 0.1) is 0 Å². The lowest BCUT2D eigenvalue weighted by atomic mass is 10.1. The Morgan fingerprint density at radius 2 is 1.91 bits per heavy atom. The van der Waals surface area contributed by atoms with E-state index in [1.165, 1.54) is 6.26 Å². The SMILES string of the molecule is CN(C(=O)C1=Cc2cc(Cl)ccc2OC=C1)c1ccccc1.